The Kier molecular flexibility index (Phi) is 2.68. The highest BCUT2D eigenvalue weighted by molar-refractivity contribution is 9.10. The van der Waals surface area contributed by atoms with Gasteiger partial charge in [-0.25, -0.2) is 0 Å². The van der Waals surface area contributed by atoms with Crippen molar-refractivity contribution in [3.05, 3.63) is 33.3 Å². The van der Waals surface area contributed by atoms with Crippen molar-refractivity contribution in [2.24, 2.45) is 0 Å². The van der Waals surface area contributed by atoms with Gasteiger partial charge in [0.05, 0.1) is 6.61 Å². The van der Waals surface area contributed by atoms with Gasteiger partial charge in [0.15, 0.2) is 0 Å². The maximum atomic E-state index is 8.92. The van der Waals surface area contributed by atoms with Crippen LogP contribution in [0.2, 0.25) is 0 Å². The van der Waals surface area contributed by atoms with Crippen LogP contribution < -0.4 is 0 Å². The highest BCUT2D eigenvalue weighted by atomic mass is 79.9. The van der Waals surface area contributed by atoms with E-state index in [2.05, 4.69) is 15.9 Å². The molecule has 1 aromatic carbocycles. The molecule has 0 radical (unpaired) electrons. The molecule has 0 aromatic heterocycles. The van der Waals surface area contributed by atoms with E-state index in [1.54, 1.807) is 0 Å². The van der Waals surface area contributed by atoms with Crippen LogP contribution in [-0.2, 0) is 6.61 Å². The van der Waals surface area contributed by atoms with Crippen molar-refractivity contribution < 1.29 is 5.11 Å². The Morgan fingerprint density at radius 3 is 2.45 bits per heavy atom. The highest BCUT2D eigenvalue weighted by Gasteiger charge is 2.02. The summed E-state index contributed by atoms with van der Waals surface area (Å²) in [6.45, 7) is 4.18. The van der Waals surface area contributed by atoms with E-state index in [9.17, 15) is 0 Å². The summed E-state index contributed by atoms with van der Waals surface area (Å²) in [5.74, 6) is 0. The monoisotopic (exact) mass is 214 g/mol. The van der Waals surface area contributed by atoms with Crippen LogP contribution in [0.15, 0.2) is 16.6 Å². The molecule has 0 spiro atoms. The third kappa shape index (κ3) is 1.63. The molecule has 0 saturated carbocycles. The second-order valence-corrected chi connectivity index (χ2v) is 3.47. The van der Waals surface area contributed by atoms with Gasteiger partial charge in [0.2, 0.25) is 0 Å². The fourth-order valence-electron chi connectivity index (χ4n) is 1.02. The van der Waals surface area contributed by atoms with Gasteiger partial charge in [0, 0.05) is 4.47 Å². The van der Waals surface area contributed by atoms with Crippen molar-refractivity contribution in [1.82, 2.24) is 0 Å². The van der Waals surface area contributed by atoms with Gasteiger partial charge in [0.1, 0.15) is 0 Å². The number of hydrogen-bond acceptors (Lipinski definition) is 1. The quantitative estimate of drug-likeness (QED) is 0.763. The van der Waals surface area contributed by atoms with Crippen LogP contribution in [0.25, 0.3) is 0 Å². The van der Waals surface area contributed by atoms with E-state index in [1.165, 1.54) is 11.1 Å². The van der Waals surface area contributed by atoms with Crippen molar-refractivity contribution in [2.45, 2.75) is 20.5 Å². The Bertz CT molecular complexity index is 269. The second kappa shape index (κ2) is 3.37. The molecule has 0 fully saturated rings. The molecule has 0 aliphatic carbocycles. The van der Waals surface area contributed by atoms with Crippen molar-refractivity contribution >= 4 is 15.9 Å². The molecule has 0 heterocycles. The molecule has 0 bridgehead atoms. The van der Waals surface area contributed by atoms with Gasteiger partial charge in [-0.3, -0.25) is 0 Å². The highest BCUT2D eigenvalue weighted by Crippen LogP contribution is 2.22. The van der Waals surface area contributed by atoms with E-state index < -0.39 is 0 Å². The summed E-state index contributed by atoms with van der Waals surface area (Å²) in [5.41, 5.74) is 3.38. The zero-order valence-electron chi connectivity index (χ0n) is 6.69. The lowest BCUT2D eigenvalue weighted by molar-refractivity contribution is 0.281. The van der Waals surface area contributed by atoms with Crippen LogP contribution in [-0.4, -0.2) is 5.11 Å². The smallest absolute Gasteiger partial charge is 0.0684 e. The summed E-state index contributed by atoms with van der Waals surface area (Å²) < 4.78 is 1.10. The summed E-state index contributed by atoms with van der Waals surface area (Å²) >= 11 is 3.43. The molecule has 0 aliphatic rings. The summed E-state index contributed by atoms with van der Waals surface area (Å²) in [6, 6.07) is 3.90. The Morgan fingerprint density at radius 2 is 1.91 bits per heavy atom. The normalized spacial score (nSPS) is 10.2. The lowest BCUT2D eigenvalue weighted by Gasteiger charge is -2.06. The van der Waals surface area contributed by atoms with E-state index in [4.69, 9.17) is 5.11 Å². The predicted molar refractivity (Wildman–Crippen MR) is 49.5 cm³/mol. The predicted octanol–water partition coefficient (Wildman–Crippen LogP) is 2.56. The lowest BCUT2D eigenvalue weighted by atomic mass is 10.0. The van der Waals surface area contributed by atoms with E-state index in [1.807, 2.05) is 26.0 Å². The number of rotatable bonds is 1. The average molecular weight is 215 g/mol. The summed E-state index contributed by atoms with van der Waals surface area (Å²) in [6.07, 6.45) is 0. The zero-order valence-corrected chi connectivity index (χ0v) is 8.27. The van der Waals surface area contributed by atoms with Gasteiger partial charge in [-0.15, -0.1) is 0 Å². The molecule has 0 unspecified atom stereocenters. The Hall–Kier alpha value is -0.340. The number of hydrogen-bond donors (Lipinski definition) is 1. The van der Waals surface area contributed by atoms with Crippen molar-refractivity contribution in [3.8, 4) is 0 Å². The van der Waals surface area contributed by atoms with Crippen molar-refractivity contribution in [3.63, 3.8) is 0 Å². The second-order valence-electron chi connectivity index (χ2n) is 2.61. The molecule has 11 heavy (non-hydrogen) atoms. The Morgan fingerprint density at radius 1 is 1.27 bits per heavy atom. The Labute approximate surface area is 75.2 Å². The molecule has 1 rings (SSSR count). The third-order valence-electron chi connectivity index (χ3n) is 2.00. The minimum Gasteiger partial charge on any atom is -0.392 e. The van der Waals surface area contributed by atoms with E-state index in [0.29, 0.717) is 0 Å². The first-order valence-electron chi connectivity index (χ1n) is 3.52. The van der Waals surface area contributed by atoms with Crippen molar-refractivity contribution in [1.29, 1.82) is 0 Å². The molecule has 60 valence electrons. The SMILES string of the molecule is Cc1c(Br)ccc(CO)c1C. The first-order chi connectivity index (χ1) is 5.16. The van der Waals surface area contributed by atoms with E-state index in [-0.39, 0.29) is 6.61 Å². The minimum atomic E-state index is 0.125. The molecular formula is C9H11BrO. The van der Waals surface area contributed by atoms with E-state index >= 15 is 0 Å². The first kappa shape index (κ1) is 8.75. The first-order valence-corrected chi connectivity index (χ1v) is 4.31. The summed E-state index contributed by atoms with van der Waals surface area (Å²) in [7, 11) is 0. The molecule has 0 aliphatic heterocycles. The van der Waals surface area contributed by atoms with Crippen LogP contribution >= 0.6 is 15.9 Å². The number of benzene rings is 1. The van der Waals surface area contributed by atoms with Crippen LogP contribution in [0, 0.1) is 13.8 Å². The average Bonchev–Trinajstić information content (AvgIpc) is 2.01. The van der Waals surface area contributed by atoms with Gasteiger partial charge >= 0.3 is 0 Å². The third-order valence-corrected chi connectivity index (χ3v) is 2.86. The van der Waals surface area contributed by atoms with Crippen LogP contribution in [0.1, 0.15) is 16.7 Å². The summed E-state index contributed by atoms with van der Waals surface area (Å²) in [4.78, 5) is 0. The number of aliphatic hydroxyl groups excluding tert-OH is 1. The fourth-order valence-corrected chi connectivity index (χ4v) is 1.44. The van der Waals surface area contributed by atoms with Crippen LogP contribution in [0.5, 0.6) is 0 Å². The number of halogens is 1. The van der Waals surface area contributed by atoms with E-state index in [0.717, 1.165) is 10.0 Å². The Balaban J connectivity index is 3.25. The molecule has 2 heteroatoms. The molecule has 0 atom stereocenters. The molecule has 0 amide bonds. The maximum Gasteiger partial charge on any atom is 0.0684 e. The van der Waals surface area contributed by atoms with Crippen LogP contribution in [0.3, 0.4) is 0 Å². The molecule has 1 N–H and O–H groups in total. The fraction of sp³-hybridized carbons (Fsp3) is 0.333. The molecule has 0 saturated heterocycles. The minimum absolute atomic E-state index is 0.125. The van der Waals surface area contributed by atoms with Gasteiger partial charge < -0.3 is 5.11 Å². The molecule has 1 nitrogen and oxygen atoms in total. The van der Waals surface area contributed by atoms with Crippen LogP contribution in [0.4, 0.5) is 0 Å². The van der Waals surface area contributed by atoms with Gasteiger partial charge in [-0.2, -0.15) is 0 Å². The molecular weight excluding hydrogens is 204 g/mol. The zero-order chi connectivity index (χ0) is 8.43. The lowest BCUT2D eigenvalue weighted by Crippen LogP contribution is -1.91. The number of aliphatic hydroxyl groups is 1. The van der Waals surface area contributed by atoms with Gasteiger partial charge in [-0.1, -0.05) is 22.0 Å². The van der Waals surface area contributed by atoms with Gasteiger partial charge in [-0.05, 0) is 36.6 Å². The van der Waals surface area contributed by atoms with Crippen molar-refractivity contribution in [2.75, 3.05) is 0 Å². The largest absolute Gasteiger partial charge is 0.392 e. The topological polar surface area (TPSA) is 20.2 Å². The molecule has 1 aromatic rings. The summed E-state index contributed by atoms with van der Waals surface area (Å²) in [5, 5.41) is 8.92. The van der Waals surface area contributed by atoms with Gasteiger partial charge in [0.25, 0.3) is 0 Å². The standard InChI is InChI=1S/C9H11BrO/c1-6-7(2)9(10)4-3-8(6)5-11/h3-4,11H,5H2,1-2H3. The maximum absolute atomic E-state index is 8.92.